The van der Waals surface area contributed by atoms with Gasteiger partial charge in [0.1, 0.15) is 5.82 Å². The molecule has 0 aromatic heterocycles. The Morgan fingerprint density at radius 3 is 1.90 bits per heavy atom. The number of halogens is 1. The summed E-state index contributed by atoms with van der Waals surface area (Å²) in [6.45, 7) is 3.82. The molecular formula is C26H28FNO. The number of carbonyl (C=O) groups is 1. The molecule has 29 heavy (non-hydrogen) atoms. The lowest BCUT2D eigenvalue weighted by Crippen LogP contribution is -2.43. The number of carbonyl (C=O) groups excluding carboxylic acids is 1. The minimum Gasteiger partial charge on any atom is -0.307 e. The van der Waals surface area contributed by atoms with Gasteiger partial charge in [-0.3, -0.25) is 4.79 Å². The predicted molar refractivity (Wildman–Crippen MR) is 117 cm³/mol. The van der Waals surface area contributed by atoms with Crippen molar-refractivity contribution in [2.75, 3.05) is 14.1 Å². The third-order valence-corrected chi connectivity index (χ3v) is 5.82. The van der Waals surface area contributed by atoms with Crippen LogP contribution in [0.2, 0.25) is 0 Å². The zero-order valence-electron chi connectivity index (χ0n) is 17.5. The van der Waals surface area contributed by atoms with Gasteiger partial charge in [-0.2, -0.15) is 0 Å². The van der Waals surface area contributed by atoms with E-state index in [4.69, 9.17) is 0 Å². The van der Waals surface area contributed by atoms with Crippen LogP contribution in [0.4, 0.5) is 4.39 Å². The molecule has 0 radical (unpaired) electrons. The molecular weight excluding hydrogens is 361 g/mol. The molecule has 3 heteroatoms. The first-order chi connectivity index (χ1) is 13.9. The summed E-state index contributed by atoms with van der Waals surface area (Å²) in [5, 5.41) is 0. The molecule has 0 bridgehead atoms. The van der Waals surface area contributed by atoms with E-state index in [2.05, 4.69) is 11.8 Å². The number of Topliss-reactive ketones (excluding diaryl/α,β-unsaturated/α-hetero) is 1. The minimum atomic E-state index is -0.865. The fourth-order valence-corrected chi connectivity index (χ4v) is 3.86. The van der Waals surface area contributed by atoms with Gasteiger partial charge in [0.25, 0.3) is 0 Å². The summed E-state index contributed by atoms with van der Waals surface area (Å²) in [6, 6.07) is 24.7. The Morgan fingerprint density at radius 1 is 0.931 bits per heavy atom. The van der Waals surface area contributed by atoms with Crippen LogP contribution in [0.1, 0.15) is 40.4 Å². The monoisotopic (exact) mass is 389 g/mol. The van der Waals surface area contributed by atoms with Crippen LogP contribution in [0.15, 0.2) is 78.9 Å². The van der Waals surface area contributed by atoms with Crippen LogP contribution >= 0.6 is 0 Å². The predicted octanol–water partition coefficient (Wildman–Crippen LogP) is 5.64. The summed E-state index contributed by atoms with van der Waals surface area (Å²) in [6.07, 6.45) is 0.614. The van der Waals surface area contributed by atoms with Gasteiger partial charge in [0.15, 0.2) is 5.78 Å². The van der Waals surface area contributed by atoms with E-state index < -0.39 is 5.41 Å². The number of benzene rings is 3. The van der Waals surface area contributed by atoms with Crippen LogP contribution in [-0.4, -0.2) is 30.8 Å². The van der Waals surface area contributed by atoms with Gasteiger partial charge in [0.05, 0.1) is 5.41 Å². The molecule has 0 saturated carbocycles. The van der Waals surface area contributed by atoms with E-state index in [0.29, 0.717) is 17.5 Å². The largest absolute Gasteiger partial charge is 0.307 e. The Hall–Kier alpha value is -2.78. The molecule has 3 aromatic rings. The van der Waals surface area contributed by atoms with E-state index in [-0.39, 0.29) is 17.6 Å². The Kier molecular flexibility index (Phi) is 6.29. The number of aryl methyl sites for hydroxylation is 1. The molecule has 0 unspecified atom stereocenters. The highest BCUT2D eigenvalue weighted by molar-refractivity contribution is 6.06. The van der Waals surface area contributed by atoms with E-state index in [1.807, 2.05) is 74.8 Å². The van der Waals surface area contributed by atoms with E-state index >= 15 is 0 Å². The van der Waals surface area contributed by atoms with Crippen molar-refractivity contribution < 1.29 is 9.18 Å². The molecule has 150 valence electrons. The van der Waals surface area contributed by atoms with Crippen molar-refractivity contribution in [1.29, 1.82) is 0 Å². The molecule has 0 saturated heterocycles. The Bertz CT molecular complexity index is 927. The van der Waals surface area contributed by atoms with E-state index in [9.17, 15) is 9.18 Å². The molecule has 1 atom stereocenters. The van der Waals surface area contributed by atoms with Crippen LogP contribution in [0.25, 0.3) is 0 Å². The smallest absolute Gasteiger partial charge is 0.177 e. The van der Waals surface area contributed by atoms with E-state index in [0.717, 1.165) is 11.1 Å². The molecule has 0 amide bonds. The molecule has 0 fully saturated rings. The second-order valence-electron chi connectivity index (χ2n) is 7.95. The Labute approximate surface area is 173 Å². The summed E-state index contributed by atoms with van der Waals surface area (Å²) in [5.41, 5.74) is 2.05. The van der Waals surface area contributed by atoms with Crippen molar-refractivity contribution in [3.8, 4) is 0 Å². The van der Waals surface area contributed by atoms with Crippen LogP contribution < -0.4 is 0 Å². The maximum absolute atomic E-state index is 14.1. The lowest BCUT2D eigenvalue weighted by Gasteiger charge is -2.38. The first kappa shape index (κ1) is 20.9. The molecule has 0 aliphatic carbocycles. The second kappa shape index (κ2) is 8.71. The highest BCUT2D eigenvalue weighted by Gasteiger charge is 2.43. The number of hydrogen-bond donors (Lipinski definition) is 0. The molecule has 3 aromatic carbocycles. The Morgan fingerprint density at radius 2 is 1.45 bits per heavy atom. The van der Waals surface area contributed by atoms with Crippen LogP contribution in [0.5, 0.6) is 0 Å². The van der Waals surface area contributed by atoms with Gasteiger partial charge >= 0.3 is 0 Å². The lowest BCUT2D eigenvalue weighted by molar-refractivity contribution is 0.0882. The van der Waals surface area contributed by atoms with E-state index in [1.54, 1.807) is 19.1 Å². The zero-order valence-corrected chi connectivity index (χ0v) is 17.5. The van der Waals surface area contributed by atoms with Crippen LogP contribution in [-0.2, 0) is 5.41 Å². The van der Waals surface area contributed by atoms with Gasteiger partial charge in [-0.1, -0.05) is 60.7 Å². The number of ketones is 1. The number of nitrogens with zero attached hydrogens (tertiary/aromatic N) is 1. The standard InChI is InChI=1S/C26H28FNO/c1-19-17-21(15-16-24(19)27)25(29)26(18-20(2)28(3)4,22-11-7-5-8-12-22)23-13-9-6-10-14-23/h5-17,20H,18H2,1-4H3/t20-/m0/s1. The minimum absolute atomic E-state index is 0.00769. The fourth-order valence-electron chi connectivity index (χ4n) is 3.86. The van der Waals surface area contributed by atoms with Crippen molar-refractivity contribution in [2.24, 2.45) is 0 Å². The summed E-state index contributed by atoms with van der Waals surface area (Å²) < 4.78 is 13.9. The van der Waals surface area contributed by atoms with Gasteiger partial charge in [-0.25, -0.2) is 4.39 Å². The molecule has 0 heterocycles. The molecule has 0 aliphatic heterocycles. The summed E-state index contributed by atoms with van der Waals surface area (Å²) in [5.74, 6) is -0.306. The maximum Gasteiger partial charge on any atom is 0.177 e. The van der Waals surface area contributed by atoms with Crippen LogP contribution in [0, 0.1) is 12.7 Å². The third-order valence-electron chi connectivity index (χ3n) is 5.82. The fraction of sp³-hybridized carbons (Fsp3) is 0.269. The third kappa shape index (κ3) is 4.15. The summed E-state index contributed by atoms with van der Waals surface area (Å²) in [7, 11) is 4.05. The average molecular weight is 390 g/mol. The van der Waals surface area contributed by atoms with Gasteiger partial charge in [-0.05, 0) is 69.3 Å². The van der Waals surface area contributed by atoms with Crippen molar-refractivity contribution in [2.45, 2.75) is 31.7 Å². The Balaban J connectivity index is 2.28. The molecule has 0 aliphatic rings. The summed E-state index contributed by atoms with van der Waals surface area (Å²) in [4.78, 5) is 16.3. The van der Waals surface area contributed by atoms with Gasteiger partial charge in [0.2, 0.25) is 0 Å². The van der Waals surface area contributed by atoms with Gasteiger partial charge < -0.3 is 4.90 Å². The first-order valence-electron chi connectivity index (χ1n) is 9.94. The molecule has 0 N–H and O–H groups in total. The number of rotatable bonds is 7. The van der Waals surface area contributed by atoms with Crippen molar-refractivity contribution in [3.05, 3.63) is 107 Å². The SMILES string of the molecule is Cc1cc(C(=O)C(C[C@H](C)N(C)C)(c2ccccc2)c2ccccc2)ccc1F. The maximum atomic E-state index is 14.1. The first-order valence-corrected chi connectivity index (χ1v) is 9.94. The molecule has 0 spiro atoms. The van der Waals surface area contributed by atoms with Crippen molar-refractivity contribution >= 4 is 5.78 Å². The topological polar surface area (TPSA) is 20.3 Å². The average Bonchev–Trinajstić information content (AvgIpc) is 2.74. The van der Waals surface area contributed by atoms with Crippen LogP contribution in [0.3, 0.4) is 0 Å². The van der Waals surface area contributed by atoms with E-state index in [1.165, 1.54) is 6.07 Å². The number of hydrogen-bond acceptors (Lipinski definition) is 2. The summed E-state index contributed by atoms with van der Waals surface area (Å²) >= 11 is 0. The molecule has 3 rings (SSSR count). The van der Waals surface area contributed by atoms with Crippen molar-refractivity contribution in [3.63, 3.8) is 0 Å². The highest BCUT2D eigenvalue weighted by Crippen LogP contribution is 2.40. The quantitative estimate of drug-likeness (QED) is 0.487. The lowest BCUT2D eigenvalue weighted by atomic mass is 9.66. The zero-order chi connectivity index (χ0) is 21.0. The second-order valence-corrected chi connectivity index (χ2v) is 7.95. The van der Waals surface area contributed by atoms with Crippen molar-refractivity contribution in [1.82, 2.24) is 4.90 Å². The normalized spacial score (nSPS) is 12.8. The van der Waals surface area contributed by atoms with Gasteiger partial charge in [0, 0.05) is 11.6 Å². The van der Waals surface area contributed by atoms with Gasteiger partial charge in [-0.15, -0.1) is 0 Å². The highest BCUT2D eigenvalue weighted by atomic mass is 19.1. The molecule has 2 nitrogen and oxygen atoms in total.